The van der Waals surface area contributed by atoms with Crippen LogP contribution in [0.15, 0.2) is 0 Å². The fourth-order valence-corrected chi connectivity index (χ4v) is 3.52. The second-order valence-corrected chi connectivity index (χ2v) is 6.07. The number of hydrogen-bond donors (Lipinski definition) is 2. The van der Waals surface area contributed by atoms with Gasteiger partial charge in [-0.15, -0.1) is 0 Å². The molecule has 0 aliphatic heterocycles. The minimum atomic E-state index is -0.703. The van der Waals surface area contributed by atoms with Gasteiger partial charge in [0.2, 0.25) is 5.91 Å². The Hall–Kier alpha value is -1.06. The number of amides is 1. The molecule has 4 nitrogen and oxygen atoms in total. The molecule has 2 atom stereocenters. The number of aliphatic carboxylic acids is 1. The summed E-state index contributed by atoms with van der Waals surface area (Å²) in [7, 11) is 0. The van der Waals surface area contributed by atoms with Gasteiger partial charge in [0.15, 0.2) is 0 Å². The van der Waals surface area contributed by atoms with Crippen LogP contribution in [0.5, 0.6) is 0 Å². The fourth-order valence-electron chi connectivity index (χ4n) is 3.52. The smallest absolute Gasteiger partial charge is 0.306 e. The molecule has 2 N–H and O–H groups in total. The van der Waals surface area contributed by atoms with Crippen molar-refractivity contribution in [3.8, 4) is 0 Å². The molecule has 2 fully saturated rings. The molecule has 0 saturated heterocycles. The monoisotopic (exact) mass is 267 g/mol. The summed E-state index contributed by atoms with van der Waals surface area (Å²) in [5.41, 5.74) is 0. The Bertz CT molecular complexity index is 321. The molecule has 2 rings (SSSR count). The van der Waals surface area contributed by atoms with Crippen molar-refractivity contribution in [3.05, 3.63) is 0 Å². The minimum absolute atomic E-state index is 0.132. The molecule has 4 heteroatoms. The highest BCUT2D eigenvalue weighted by atomic mass is 16.4. The molecule has 2 aliphatic carbocycles. The van der Waals surface area contributed by atoms with Gasteiger partial charge in [-0.25, -0.2) is 0 Å². The predicted octanol–water partition coefficient (Wildman–Crippen LogP) is 2.57. The molecule has 0 radical (unpaired) electrons. The van der Waals surface area contributed by atoms with Crippen LogP contribution in [-0.4, -0.2) is 23.5 Å². The zero-order valence-corrected chi connectivity index (χ0v) is 11.6. The summed E-state index contributed by atoms with van der Waals surface area (Å²) >= 11 is 0. The lowest BCUT2D eigenvalue weighted by atomic mass is 9.95. The quantitative estimate of drug-likeness (QED) is 0.769. The van der Waals surface area contributed by atoms with Crippen molar-refractivity contribution in [1.29, 1.82) is 0 Å². The molecule has 2 aliphatic rings. The molecule has 2 unspecified atom stereocenters. The molecule has 0 spiro atoms. The van der Waals surface area contributed by atoms with Crippen molar-refractivity contribution < 1.29 is 14.7 Å². The fraction of sp³-hybridized carbons (Fsp3) is 0.867. The second-order valence-electron chi connectivity index (χ2n) is 6.07. The number of carbonyl (C=O) groups excluding carboxylic acids is 1. The van der Waals surface area contributed by atoms with Gasteiger partial charge >= 0.3 is 5.97 Å². The van der Waals surface area contributed by atoms with E-state index in [1.54, 1.807) is 0 Å². The Kier molecular flexibility index (Phi) is 5.23. The van der Waals surface area contributed by atoms with Crippen LogP contribution in [0.1, 0.15) is 57.8 Å². The lowest BCUT2D eigenvalue weighted by Gasteiger charge is -2.19. The zero-order valence-electron chi connectivity index (χ0n) is 11.6. The van der Waals surface area contributed by atoms with Gasteiger partial charge in [0, 0.05) is 12.5 Å². The average Bonchev–Trinajstić information content (AvgIpc) is 2.69. The van der Waals surface area contributed by atoms with Crippen molar-refractivity contribution >= 4 is 11.9 Å². The van der Waals surface area contributed by atoms with E-state index in [0.29, 0.717) is 6.54 Å². The van der Waals surface area contributed by atoms with Crippen molar-refractivity contribution in [2.75, 3.05) is 6.54 Å². The first kappa shape index (κ1) is 14.4. The first-order valence-corrected chi connectivity index (χ1v) is 7.69. The lowest BCUT2D eigenvalue weighted by Crippen LogP contribution is -2.36. The third-order valence-electron chi connectivity index (χ3n) is 4.74. The minimum Gasteiger partial charge on any atom is -0.481 e. The van der Waals surface area contributed by atoms with Crippen LogP contribution in [0.4, 0.5) is 0 Å². The van der Waals surface area contributed by atoms with E-state index in [0.717, 1.165) is 44.9 Å². The van der Waals surface area contributed by atoms with Gasteiger partial charge in [-0.05, 0) is 31.6 Å². The Morgan fingerprint density at radius 1 is 0.947 bits per heavy atom. The van der Waals surface area contributed by atoms with Gasteiger partial charge in [0.25, 0.3) is 0 Å². The van der Waals surface area contributed by atoms with Crippen LogP contribution in [-0.2, 0) is 9.59 Å². The lowest BCUT2D eigenvalue weighted by molar-refractivity contribution is -0.143. The summed E-state index contributed by atoms with van der Waals surface area (Å²) in [5.74, 6) is -0.516. The number of rotatable bonds is 4. The Morgan fingerprint density at radius 2 is 1.63 bits per heavy atom. The van der Waals surface area contributed by atoms with Crippen molar-refractivity contribution in [2.45, 2.75) is 57.8 Å². The Labute approximate surface area is 115 Å². The van der Waals surface area contributed by atoms with E-state index in [-0.39, 0.29) is 23.7 Å². The molecule has 2 saturated carbocycles. The first-order valence-electron chi connectivity index (χ1n) is 7.69. The van der Waals surface area contributed by atoms with Gasteiger partial charge in [-0.1, -0.05) is 32.1 Å². The predicted molar refractivity (Wildman–Crippen MR) is 72.7 cm³/mol. The molecule has 1 amide bonds. The molecule has 108 valence electrons. The number of carbonyl (C=O) groups is 2. The van der Waals surface area contributed by atoms with Crippen molar-refractivity contribution in [2.24, 2.45) is 17.8 Å². The molecule has 0 heterocycles. The molecule has 0 aromatic rings. The van der Waals surface area contributed by atoms with E-state index in [1.807, 2.05) is 0 Å². The van der Waals surface area contributed by atoms with Crippen LogP contribution >= 0.6 is 0 Å². The van der Waals surface area contributed by atoms with Crippen LogP contribution in [0.25, 0.3) is 0 Å². The summed E-state index contributed by atoms with van der Waals surface area (Å²) in [6.07, 6.45) is 9.46. The highest BCUT2D eigenvalue weighted by Crippen LogP contribution is 2.31. The summed E-state index contributed by atoms with van der Waals surface area (Å²) in [5, 5.41) is 12.1. The standard InChI is InChI=1S/C15H25NO3/c17-14(11-6-3-1-2-4-7-11)16-10-12-8-5-9-13(12)15(18)19/h11-13H,1-10H2,(H,16,17)(H,18,19). The van der Waals surface area contributed by atoms with E-state index in [4.69, 9.17) is 5.11 Å². The van der Waals surface area contributed by atoms with Crippen molar-refractivity contribution in [1.82, 2.24) is 5.32 Å². The van der Waals surface area contributed by atoms with Crippen LogP contribution in [0.3, 0.4) is 0 Å². The Morgan fingerprint density at radius 3 is 2.26 bits per heavy atom. The molecular formula is C15H25NO3. The van der Waals surface area contributed by atoms with Gasteiger partial charge in [-0.3, -0.25) is 9.59 Å². The number of hydrogen-bond acceptors (Lipinski definition) is 2. The van der Waals surface area contributed by atoms with Crippen LogP contribution in [0.2, 0.25) is 0 Å². The van der Waals surface area contributed by atoms with Crippen molar-refractivity contribution in [3.63, 3.8) is 0 Å². The SMILES string of the molecule is O=C(NCC1CCCC1C(=O)O)C1CCCCCC1. The molecule has 19 heavy (non-hydrogen) atoms. The summed E-state index contributed by atoms with van der Waals surface area (Å²) in [6, 6.07) is 0. The highest BCUT2D eigenvalue weighted by Gasteiger charge is 2.33. The van der Waals surface area contributed by atoms with E-state index >= 15 is 0 Å². The second kappa shape index (κ2) is 6.92. The van der Waals surface area contributed by atoms with Gasteiger partial charge < -0.3 is 10.4 Å². The van der Waals surface area contributed by atoms with E-state index in [1.165, 1.54) is 12.8 Å². The van der Waals surface area contributed by atoms with Gasteiger partial charge in [-0.2, -0.15) is 0 Å². The van der Waals surface area contributed by atoms with E-state index in [9.17, 15) is 9.59 Å². The third kappa shape index (κ3) is 3.95. The van der Waals surface area contributed by atoms with Crippen LogP contribution < -0.4 is 5.32 Å². The first-order chi connectivity index (χ1) is 9.18. The zero-order chi connectivity index (χ0) is 13.7. The largest absolute Gasteiger partial charge is 0.481 e. The maximum atomic E-state index is 12.1. The van der Waals surface area contributed by atoms with Crippen LogP contribution in [0, 0.1) is 17.8 Å². The van der Waals surface area contributed by atoms with E-state index in [2.05, 4.69) is 5.32 Å². The maximum absolute atomic E-state index is 12.1. The molecule has 0 aromatic heterocycles. The molecular weight excluding hydrogens is 242 g/mol. The Balaban J connectivity index is 1.77. The molecule has 0 aromatic carbocycles. The highest BCUT2D eigenvalue weighted by molar-refractivity contribution is 5.78. The summed E-state index contributed by atoms with van der Waals surface area (Å²) in [4.78, 5) is 23.2. The van der Waals surface area contributed by atoms with Gasteiger partial charge in [0.05, 0.1) is 5.92 Å². The molecule has 0 bridgehead atoms. The third-order valence-corrected chi connectivity index (χ3v) is 4.74. The number of nitrogens with one attached hydrogen (secondary N) is 1. The maximum Gasteiger partial charge on any atom is 0.306 e. The topological polar surface area (TPSA) is 66.4 Å². The van der Waals surface area contributed by atoms with Gasteiger partial charge in [0.1, 0.15) is 0 Å². The summed E-state index contributed by atoms with van der Waals surface area (Å²) in [6.45, 7) is 0.548. The average molecular weight is 267 g/mol. The normalized spacial score (nSPS) is 28.8. The van der Waals surface area contributed by atoms with E-state index < -0.39 is 5.97 Å². The summed E-state index contributed by atoms with van der Waals surface area (Å²) < 4.78 is 0. The number of carboxylic acid groups (broad SMARTS) is 1. The number of carboxylic acids is 1.